The maximum absolute atomic E-state index is 12.7. The number of aromatic nitrogens is 3. The van der Waals surface area contributed by atoms with Crippen LogP contribution in [0.15, 0.2) is 53.7 Å². The summed E-state index contributed by atoms with van der Waals surface area (Å²) in [6.07, 6.45) is 0. The Balaban J connectivity index is 1.30. The SMILES string of the molecule is COc1ccc(N2CCN(C(=O)CSc3nnc(-c4ccc(O)cc4)n3C)CC2)cc1. The van der Waals surface area contributed by atoms with E-state index in [0.29, 0.717) is 29.8 Å². The molecule has 1 aromatic heterocycles. The molecule has 9 heteroatoms. The molecule has 1 amide bonds. The molecule has 0 radical (unpaired) electrons. The average molecular weight is 440 g/mol. The number of benzene rings is 2. The van der Waals surface area contributed by atoms with E-state index >= 15 is 0 Å². The first-order valence-electron chi connectivity index (χ1n) is 10.0. The maximum atomic E-state index is 12.7. The van der Waals surface area contributed by atoms with Crippen LogP contribution in [0.25, 0.3) is 11.4 Å². The molecule has 8 nitrogen and oxygen atoms in total. The minimum absolute atomic E-state index is 0.105. The van der Waals surface area contributed by atoms with Crippen molar-refractivity contribution >= 4 is 23.4 Å². The molecule has 4 rings (SSSR count). The number of anilines is 1. The largest absolute Gasteiger partial charge is 0.508 e. The number of phenolic OH excluding ortho intramolecular Hbond substituents is 1. The highest BCUT2D eigenvalue weighted by molar-refractivity contribution is 7.99. The van der Waals surface area contributed by atoms with Gasteiger partial charge in [0.25, 0.3) is 0 Å². The van der Waals surface area contributed by atoms with Crippen molar-refractivity contribution in [1.82, 2.24) is 19.7 Å². The molecule has 162 valence electrons. The Morgan fingerprint density at radius 1 is 1.03 bits per heavy atom. The topological polar surface area (TPSA) is 83.7 Å². The van der Waals surface area contributed by atoms with Crippen molar-refractivity contribution in [3.05, 3.63) is 48.5 Å². The van der Waals surface area contributed by atoms with Gasteiger partial charge in [0.1, 0.15) is 11.5 Å². The number of piperazine rings is 1. The van der Waals surface area contributed by atoms with Gasteiger partial charge in [0, 0.05) is 44.5 Å². The molecule has 31 heavy (non-hydrogen) atoms. The molecule has 3 aromatic rings. The van der Waals surface area contributed by atoms with Crippen molar-refractivity contribution in [1.29, 1.82) is 0 Å². The van der Waals surface area contributed by atoms with Crippen LogP contribution < -0.4 is 9.64 Å². The van der Waals surface area contributed by atoms with Gasteiger partial charge in [-0.25, -0.2) is 0 Å². The van der Waals surface area contributed by atoms with Crippen molar-refractivity contribution in [2.24, 2.45) is 7.05 Å². The molecule has 0 atom stereocenters. The normalized spacial score (nSPS) is 14.0. The first-order valence-corrected chi connectivity index (χ1v) is 11.0. The van der Waals surface area contributed by atoms with Crippen molar-refractivity contribution in [3.8, 4) is 22.9 Å². The Morgan fingerprint density at radius 3 is 2.35 bits per heavy atom. The summed E-state index contributed by atoms with van der Waals surface area (Å²) < 4.78 is 7.08. The number of ether oxygens (including phenoxy) is 1. The lowest BCUT2D eigenvalue weighted by atomic mass is 10.2. The summed E-state index contributed by atoms with van der Waals surface area (Å²) in [4.78, 5) is 16.9. The Hall–Kier alpha value is -3.20. The fourth-order valence-electron chi connectivity index (χ4n) is 3.53. The highest BCUT2D eigenvalue weighted by Gasteiger charge is 2.22. The summed E-state index contributed by atoms with van der Waals surface area (Å²) >= 11 is 1.39. The molecule has 0 spiro atoms. The van der Waals surface area contributed by atoms with E-state index in [1.54, 1.807) is 31.4 Å². The third-order valence-electron chi connectivity index (χ3n) is 5.36. The van der Waals surface area contributed by atoms with Crippen LogP contribution >= 0.6 is 11.8 Å². The fraction of sp³-hybridized carbons (Fsp3) is 0.318. The molecule has 0 bridgehead atoms. The first kappa shape index (κ1) is 21.0. The fourth-order valence-corrected chi connectivity index (χ4v) is 4.34. The van der Waals surface area contributed by atoms with E-state index in [2.05, 4.69) is 15.1 Å². The lowest BCUT2D eigenvalue weighted by molar-refractivity contribution is -0.128. The minimum atomic E-state index is 0.105. The van der Waals surface area contributed by atoms with Crippen molar-refractivity contribution in [2.45, 2.75) is 5.16 Å². The summed E-state index contributed by atoms with van der Waals surface area (Å²) in [5.41, 5.74) is 2.00. The number of rotatable bonds is 6. The van der Waals surface area contributed by atoms with E-state index in [1.165, 1.54) is 11.8 Å². The molecule has 0 saturated carbocycles. The van der Waals surface area contributed by atoms with Crippen LogP contribution in [-0.2, 0) is 11.8 Å². The number of hydrogen-bond acceptors (Lipinski definition) is 7. The Morgan fingerprint density at radius 2 is 1.71 bits per heavy atom. The standard InChI is InChI=1S/C22H25N5O3S/c1-25-21(16-3-7-18(28)8-4-16)23-24-22(25)31-15-20(29)27-13-11-26(12-14-27)17-5-9-19(30-2)10-6-17/h3-10,28H,11-15H2,1-2H3. The molecule has 1 fully saturated rings. The van der Waals surface area contributed by atoms with Gasteiger partial charge in [0.2, 0.25) is 5.91 Å². The van der Waals surface area contributed by atoms with E-state index in [-0.39, 0.29) is 11.7 Å². The molecular weight excluding hydrogens is 414 g/mol. The van der Waals surface area contributed by atoms with Gasteiger partial charge in [0.05, 0.1) is 12.9 Å². The molecule has 1 saturated heterocycles. The van der Waals surface area contributed by atoms with Crippen molar-refractivity contribution in [2.75, 3.05) is 43.9 Å². The van der Waals surface area contributed by atoms with Gasteiger partial charge in [-0.2, -0.15) is 0 Å². The van der Waals surface area contributed by atoms with Gasteiger partial charge in [-0.05, 0) is 48.5 Å². The third-order valence-corrected chi connectivity index (χ3v) is 6.36. The molecule has 1 aliphatic heterocycles. The van der Waals surface area contributed by atoms with Crippen LogP contribution in [0.2, 0.25) is 0 Å². The average Bonchev–Trinajstić information content (AvgIpc) is 3.18. The zero-order chi connectivity index (χ0) is 21.8. The van der Waals surface area contributed by atoms with E-state index in [0.717, 1.165) is 30.1 Å². The quantitative estimate of drug-likeness (QED) is 0.591. The zero-order valence-corrected chi connectivity index (χ0v) is 18.4. The minimum Gasteiger partial charge on any atom is -0.508 e. The third kappa shape index (κ3) is 4.77. The summed E-state index contributed by atoms with van der Waals surface area (Å²) in [7, 11) is 3.54. The van der Waals surface area contributed by atoms with Gasteiger partial charge in [-0.3, -0.25) is 4.79 Å². The van der Waals surface area contributed by atoms with Gasteiger partial charge in [0.15, 0.2) is 11.0 Å². The second-order valence-corrected chi connectivity index (χ2v) is 8.21. The van der Waals surface area contributed by atoms with Crippen molar-refractivity contribution in [3.63, 3.8) is 0 Å². The van der Waals surface area contributed by atoms with Crippen LogP contribution in [0.1, 0.15) is 0 Å². The van der Waals surface area contributed by atoms with Crippen LogP contribution in [0, 0.1) is 0 Å². The Bertz CT molecular complexity index is 1030. The maximum Gasteiger partial charge on any atom is 0.233 e. The summed E-state index contributed by atoms with van der Waals surface area (Å²) in [5.74, 6) is 2.17. The molecule has 2 aromatic carbocycles. The lowest BCUT2D eigenvalue weighted by Crippen LogP contribution is -2.49. The highest BCUT2D eigenvalue weighted by Crippen LogP contribution is 2.25. The number of carbonyl (C=O) groups is 1. The van der Waals surface area contributed by atoms with Crippen molar-refractivity contribution < 1.29 is 14.6 Å². The second kappa shape index (κ2) is 9.30. The molecule has 1 aliphatic rings. The predicted molar refractivity (Wildman–Crippen MR) is 121 cm³/mol. The van der Waals surface area contributed by atoms with Gasteiger partial charge in [-0.15, -0.1) is 10.2 Å². The lowest BCUT2D eigenvalue weighted by Gasteiger charge is -2.36. The second-order valence-electron chi connectivity index (χ2n) is 7.27. The Kier molecular flexibility index (Phi) is 6.31. The molecule has 0 aliphatic carbocycles. The van der Waals surface area contributed by atoms with Crippen LogP contribution in [-0.4, -0.2) is 69.7 Å². The smallest absolute Gasteiger partial charge is 0.233 e. The van der Waals surface area contributed by atoms with E-state index < -0.39 is 0 Å². The molecule has 1 N–H and O–H groups in total. The van der Waals surface area contributed by atoms with E-state index in [9.17, 15) is 9.90 Å². The first-order chi connectivity index (χ1) is 15.0. The molecule has 0 unspecified atom stereocenters. The monoisotopic (exact) mass is 439 g/mol. The van der Waals surface area contributed by atoms with Gasteiger partial charge in [-0.1, -0.05) is 11.8 Å². The van der Waals surface area contributed by atoms with Crippen LogP contribution in [0.3, 0.4) is 0 Å². The number of phenols is 1. The number of methoxy groups -OCH3 is 1. The van der Waals surface area contributed by atoms with Crippen LogP contribution in [0.5, 0.6) is 11.5 Å². The van der Waals surface area contributed by atoms with E-state index in [4.69, 9.17) is 4.74 Å². The van der Waals surface area contributed by atoms with Gasteiger partial charge >= 0.3 is 0 Å². The van der Waals surface area contributed by atoms with E-state index in [1.807, 2.05) is 40.8 Å². The number of carbonyl (C=O) groups excluding carboxylic acids is 1. The highest BCUT2D eigenvalue weighted by atomic mass is 32.2. The van der Waals surface area contributed by atoms with Gasteiger partial charge < -0.3 is 24.2 Å². The number of amides is 1. The number of nitrogens with zero attached hydrogens (tertiary/aromatic N) is 5. The molecular formula is C22H25N5O3S. The summed E-state index contributed by atoms with van der Waals surface area (Å²) in [5, 5.41) is 18.6. The zero-order valence-electron chi connectivity index (χ0n) is 17.6. The number of thioether (sulfide) groups is 1. The Labute approximate surface area is 185 Å². The summed E-state index contributed by atoms with van der Waals surface area (Å²) in [6.45, 7) is 3.00. The molecule has 2 heterocycles. The summed E-state index contributed by atoms with van der Waals surface area (Å²) in [6, 6.07) is 14.8. The number of aromatic hydroxyl groups is 1. The van der Waals surface area contributed by atoms with Crippen LogP contribution in [0.4, 0.5) is 5.69 Å². The number of hydrogen-bond donors (Lipinski definition) is 1. The predicted octanol–water partition coefficient (Wildman–Crippen LogP) is 2.64.